The van der Waals surface area contributed by atoms with Crippen molar-refractivity contribution < 1.29 is 4.39 Å². The third-order valence-electron chi connectivity index (χ3n) is 3.69. The smallest absolute Gasteiger partial charge is 0.194 e. The molecule has 1 heterocycles. The van der Waals surface area contributed by atoms with E-state index < -0.39 is 5.82 Å². The fourth-order valence-electron chi connectivity index (χ4n) is 2.52. The Morgan fingerprint density at radius 2 is 2.05 bits per heavy atom. The van der Waals surface area contributed by atoms with Crippen molar-refractivity contribution in [3.63, 3.8) is 0 Å². The summed E-state index contributed by atoms with van der Waals surface area (Å²) in [5.74, 6) is 0.431. The van der Waals surface area contributed by atoms with Crippen LogP contribution in [-0.2, 0) is 6.54 Å². The van der Waals surface area contributed by atoms with Gasteiger partial charge in [0.25, 0.3) is 0 Å². The van der Waals surface area contributed by atoms with Crippen molar-refractivity contribution in [2.75, 3.05) is 13.6 Å². The van der Waals surface area contributed by atoms with Gasteiger partial charge in [0.1, 0.15) is 5.82 Å². The summed E-state index contributed by atoms with van der Waals surface area (Å²) in [6, 6.07) is 15.3. The predicted molar refractivity (Wildman–Crippen MR) is 87.5 cm³/mol. The first-order valence-electron chi connectivity index (χ1n) is 7.14. The second-order valence-electron chi connectivity index (χ2n) is 5.38. The van der Waals surface area contributed by atoms with Crippen LogP contribution in [0.25, 0.3) is 0 Å². The summed E-state index contributed by atoms with van der Waals surface area (Å²) in [4.78, 5) is 6.52. The first kappa shape index (κ1) is 14.9. The van der Waals surface area contributed by atoms with Gasteiger partial charge in [-0.1, -0.05) is 48.0 Å². The molecule has 1 unspecified atom stereocenters. The van der Waals surface area contributed by atoms with Gasteiger partial charge in [-0.2, -0.15) is 0 Å². The summed E-state index contributed by atoms with van der Waals surface area (Å²) in [5.41, 5.74) is 2.07. The van der Waals surface area contributed by atoms with E-state index in [1.165, 1.54) is 11.6 Å². The van der Waals surface area contributed by atoms with Crippen molar-refractivity contribution in [2.45, 2.75) is 12.6 Å². The van der Waals surface area contributed by atoms with E-state index in [-0.39, 0.29) is 11.1 Å². The standard InChI is InChI=1S/C17H17ClFN3/c1-22(11-12-7-8-14(18)15(19)9-12)17-20-10-16(21-17)13-5-3-2-4-6-13/h2-9,16H,10-11H2,1H3,(H,20,21). The first-order chi connectivity index (χ1) is 10.6. The van der Waals surface area contributed by atoms with Crippen LogP contribution in [0.1, 0.15) is 17.2 Å². The Morgan fingerprint density at radius 1 is 1.27 bits per heavy atom. The van der Waals surface area contributed by atoms with Crippen LogP contribution >= 0.6 is 11.6 Å². The van der Waals surface area contributed by atoms with Crippen LogP contribution in [0.2, 0.25) is 5.02 Å². The number of nitrogens with one attached hydrogen (secondary N) is 1. The molecule has 22 heavy (non-hydrogen) atoms. The molecule has 0 saturated heterocycles. The van der Waals surface area contributed by atoms with Gasteiger partial charge in [0.05, 0.1) is 17.6 Å². The number of aliphatic imine (C=N–C) groups is 1. The second-order valence-corrected chi connectivity index (χ2v) is 5.78. The fourth-order valence-corrected chi connectivity index (χ4v) is 2.63. The maximum atomic E-state index is 13.5. The van der Waals surface area contributed by atoms with E-state index in [9.17, 15) is 4.39 Å². The first-order valence-corrected chi connectivity index (χ1v) is 7.52. The van der Waals surface area contributed by atoms with E-state index in [2.05, 4.69) is 22.4 Å². The zero-order valence-electron chi connectivity index (χ0n) is 12.3. The van der Waals surface area contributed by atoms with E-state index in [1.54, 1.807) is 6.07 Å². The highest BCUT2D eigenvalue weighted by Gasteiger charge is 2.21. The number of hydrogen-bond acceptors (Lipinski definition) is 3. The van der Waals surface area contributed by atoms with Crippen LogP contribution in [0.3, 0.4) is 0 Å². The van der Waals surface area contributed by atoms with E-state index >= 15 is 0 Å². The molecule has 3 rings (SSSR count). The minimum Gasteiger partial charge on any atom is -0.348 e. The van der Waals surface area contributed by atoms with Crippen LogP contribution in [-0.4, -0.2) is 24.5 Å². The number of benzene rings is 2. The minimum absolute atomic E-state index is 0.145. The van der Waals surface area contributed by atoms with E-state index in [4.69, 9.17) is 11.6 Å². The van der Waals surface area contributed by atoms with Crippen LogP contribution in [0.5, 0.6) is 0 Å². The lowest BCUT2D eigenvalue weighted by Gasteiger charge is -2.21. The third kappa shape index (κ3) is 3.22. The molecule has 1 aliphatic rings. The highest BCUT2D eigenvalue weighted by atomic mass is 35.5. The molecular weight excluding hydrogens is 301 g/mol. The Labute approximate surface area is 134 Å². The van der Waals surface area contributed by atoms with E-state index in [1.807, 2.05) is 36.2 Å². The van der Waals surface area contributed by atoms with Crippen molar-refractivity contribution >= 4 is 17.6 Å². The Balaban J connectivity index is 1.64. The SMILES string of the molecule is CN(Cc1ccc(Cl)c(F)c1)C1=NCC(c2ccccc2)N1. The van der Waals surface area contributed by atoms with Crippen LogP contribution in [0.15, 0.2) is 53.5 Å². The lowest BCUT2D eigenvalue weighted by atomic mass is 10.1. The van der Waals surface area contributed by atoms with Crippen molar-refractivity contribution in [2.24, 2.45) is 4.99 Å². The molecule has 0 radical (unpaired) electrons. The Kier molecular flexibility index (Phi) is 4.29. The molecule has 3 nitrogen and oxygen atoms in total. The van der Waals surface area contributed by atoms with Gasteiger partial charge in [0, 0.05) is 13.6 Å². The summed E-state index contributed by atoms with van der Waals surface area (Å²) < 4.78 is 13.5. The van der Waals surface area contributed by atoms with Gasteiger partial charge in [0.15, 0.2) is 5.96 Å². The van der Waals surface area contributed by atoms with Gasteiger partial charge in [-0.25, -0.2) is 4.39 Å². The highest BCUT2D eigenvalue weighted by molar-refractivity contribution is 6.30. The number of rotatable bonds is 3. The molecule has 0 amide bonds. The summed E-state index contributed by atoms with van der Waals surface area (Å²) in [6.45, 7) is 1.28. The molecule has 2 aromatic rings. The highest BCUT2D eigenvalue weighted by Crippen LogP contribution is 2.19. The molecule has 5 heteroatoms. The molecule has 0 bridgehead atoms. The van der Waals surface area contributed by atoms with Gasteiger partial charge in [-0.15, -0.1) is 0 Å². The third-order valence-corrected chi connectivity index (χ3v) is 4.00. The quantitative estimate of drug-likeness (QED) is 0.936. The monoisotopic (exact) mass is 317 g/mol. The number of nitrogens with zero attached hydrogens (tertiary/aromatic N) is 2. The molecule has 0 aromatic heterocycles. The number of halogens is 2. The average Bonchev–Trinajstić information content (AvgIpc) is 3.02. The van der Waals surface area contributed by atoms with Crippen LogP contribution < -0.4 is 5.32 Å². The summed E-state index contributed by atoms with van der Waals surface area (Å²) >= 11 is 5.71. The molecule has 0 fully saturated rings. The van der Waals surface area contributed by atoms with Crippen molar-refractivity contribution in [3.05, 3.63) is 70.5 Å². The zero-order chi connectivity index (χ0) is 15.5. The molecule has 0 aliphatic carbocycles. The summed E-state index contributed by atoms with van der Waals surface area (Å²) in [6.07, 6.45) is 0. The molecule has 0 spiro atoms. The topological polar surface area (TPSA) is 27.6 Å². The number of hydrogen-bond donors (Lipinski definition) is 1. The Hall–Kier alpha value is -2.07. The van der Waals surface area contributed by atoms with Crippen molar-refractivity contribution in [1.82, 2.24) is 10.2 Å². The lowest BCUT2D eigenvalue weighted by Crippen LogP contribution is -2.36. The normalized spacial score (nSPS) is 17.0. The average molecular weight is 318 g/mol. The molecule has 1 N–H and O–H groups in total. The van der Waals surface area contributed by atoms with E-state index in [0.29, 0.717) is 13.1 Å². The summed E-state index contributed by atoms with van der Waals surface area (Å²) in [5, 5.41) is 3.55. The molecular formula is C17H17ClFN3. The van der Waals surface area contributed by atoms with Gasteiger partial charge >= 0.3 is 0 Å². The van der Waals surface area contributed by atoms with Crippen molar-refractivity contribution in [3.8, 4) is 0 Å². The van der Waals surface area contributed by atoms with Gasteiger partial charge in [0.2, 0.25) is 0 Å². The second kappa shape index (κ2) is 6.36. The Bertz CT molecular complexity index is 688. The fraction of sp³-hybridized carbons (Fsp3) is 0.235. The zero-order valence-corrected chi connectivity index (χ0v) is 13.0. The maximum Gasteiger partial charge on any atom is 0.194 e. The van der Waals surface area contributed by atoms with Gasteiger partial charge < -0.3 is 10.2 Å². The minimum atomic E-state index is -0.393. The lowest BCUT2D eigenvalue weighted by molar-refractivity contribution is 0.478. The molecule has 0 saturated carbocycles. The van der Waals surface area contributed by atoms with Crippen LogP contribution in [0.4, 0.5) is 4.39 Å². The van der Waals surface area contributed by atoms with Gasteiger partial charge in [-0.05, 0) is 23.3 Å². The summed E-state index contributed by atoms with van der Waals surface area (Å²) in [7, 11) is 1.94. The predicted octanol–water partition coefficient (Wildman–Crippen LogP) is 3.61. The maximum absolute atomic E-state index is 13.5. The largest absolute Gasteiger partial charge is 0.348 e. The number of guanidine groups is 1. The van der Waals surface area contributed by atoms with Gasteiger partial charge in [-0.3, -0.25) is 4.99 Å². The van der Waals surface area contributed by atoms with E-state index in [0.717, 1.165) is 11.5 Å². The molecule has 114 valence electrons. The Morgan fingerprint density at radius 3 is 2.77 bits per heavy atom. The molecule has 1 atom stereocenters. The van der Waals surface area contributed by atoms with Crippen LogP contribution in [0, 0.1) is 5.82 Å². The van der Waals surface area contributed by atoms with Crippen molar-refractivity contribution in [1.29, 1.82) is 0 Å². The molecule has 2 aromatic carbocycles. The molecule has 1 aliphatic heterocycles.